The van der Waals surface area contributed by atoms with Crippen molar-refractivity contribution in [3.05, 3.63) is 29.8 Å². The molecule has 2 unspecified atom stereocenters. The SMILES string of the molecule is CNC(Nc1cccc(C)c1)C(C)O. The highest BCUT2D eigenvalue weighted by atomic mass is 16.3. The van der Waals surface area contributed by atoms with Crippen molar-refractivity contribution in [3.8, 4) is 0 Å². The van der Waals surface area contributed by atoms with Gasteiger partial charge >= 0.3 is 0 Å². The molecule has 3 nitrogen and oxygen atoms in total. The summed E-state index contributed by atoms with van der Waals surface area (Å²) in [6.45, 7) is 3.80. The van der Waals surface area contributed by atoms with Gasteiger partial charge in [0.05, 0.1) is 6.10 Å². The summed E-state index contributed by atoms with van der Waals surface area (Å²) in [5.41, 5.74) is 2.22. The van der Waals surface area contributed by atoms with E-state index in [4.69, 9.17) is 0 Å². The zero-order valence-electron chi connectivity index (χ0n) is 8.91. The molecule has 0 aliphatic carbocycles. The fourth-order valence-corrected chi connectivity index (χ4v) is 1.35. The lowest BCUT2D eigenvalue weighted by atomic mass is 10.2. The first-order chi connectivity index (χ1) is 6.63. The Hall–Kier alpha value is -1.06. The summed E-state index contributed by atoms with van der Waals surface area (Å²) in [6.07, 6.45) is -0.544. The maximum Gasteiger partial charge on any atom is 0.103 e. The van der Waals surface area contributed by atoms with E-state index in [1.165, 1.54) is 5.56 Å². The van der Waals surface area contributed by atoms with Gasteiger partial charge in [-0.2, -0.15) is 0 Å². The third-order valence-corrected chi connectivity index (χ3v) is 2.13. The molecule has 1 aromatic carbocycles. The van der Waals surface area contributed by atoms with Crippen LogP contribution in [0.2, 0.25) is 0 Å². The molecule has 0 aliphatic heterocycles. The van der Waals surface area contributed by atoms with Gasteiger partial charge in [-0.25, -0.2) is 0 Å². The van der Waals surface area contributed by atoms with Gasteiger partial charge in [0.1, 0.15) is 6.17 Å². The second-order valence-corrected chi connectivity index (χ2v) is 3.52. The maximum absolute atomic E-state index is 9.42. The van der Waals surface area contributed by atoms with Gasteiger partial charge in [-0.15, -0.1) is 0 Å². The zero-order valence-corrected chi connectivity index (χ0v) is 8.91. The number of aryl methyl sites for hydroxylation is 1. The molecular weight excluding hydrogens is 176 g/mol. The number of nitrogens with one attached hydrogen (secondary N) is 2. The maximum atomic E-state index is 9.42. The van der Waals surface area contributed by atoms with E-state index in [1.54, 1.807) is 6.92 Å². The molecule has 0 fully saturated rings. The van der Waals surface area contributed by atoms with Crippen molar-refractivity contribution < 1.29 is 5.11 Å². The quantitative estimate of drug-likeness (QED) is 0.634. The van der Waals surface area contributed by atoms with E-state index in [9.17, 15) is 5.11 Å². The molecule has 2 atom stereocenters. The van der Waals surface area contributed by atoms with E-state index in [2.05, 4.69) is 10.6 Å². The molecule has 0 aromatic heterocycles. The summed E-state index contributed by atoms with van der Waals surface area (Å²) in [6, 6.07) is 8.07. The molecule has 3 N–H and O–H groups in total. The number of hydrogen-bond donors (Lipinski definition) is 3. The summed E-state index contributed by atoms with van der Waals surface area (Å²) >= 11 is 0. The van der Waals surface area contributed by atoms with Crippen molar-refractivity contribution in [2.24, 2.45) is 0 Å². The van der Waals surface area contributed by atoms with Gasteiger partial charge in [0.25, 0.3) is 0 Å². The van der Waals surface area contributed by atoms with Gasteiger partial charge in [0.2, 0.25) is 0 Å². The van der Waals surface area contributed by atoms with Crippen LogP contribution in [0.1, 0.15) is 12.5 Å². The van der Waals surface area contributed by atoms with Crippen LogP contribution in [-0.2, 0) is 0 Å². The fraction of sp³-hybridized carbons (Fsp3) is 0.455. The second-order valence-electron chi connectivity index (χ2n) is 3.52. The molecule has 0 spiro atoms. The van der Waals surface area contributed by atoms with Crippen LogP contribution < -0.4 is 10.6 Å². The van der Waals surface area contributed by atoms with Gasteiger partial charge in [0.15, 0.2) is 0 Å². The number of anilines is 1. The predicted molar refractivity (Wildman–Crippen MR) is 59.3 cm³/mol. The number of aliphatic hydroxyl groups is 1. The fourth-order valence-electron chi connectivity index (χ4n) is 1.35. The van der Waals surface area contributed by atoms with Crippen molar-refractivity contribution >= 4 is 5.69 Å². The van der Waals surface area contributed by atoms with Crippen LogP contribution in [0.4, 0.5) is 5.69 Å². The highest BCUT2D eigenvalue weighted by Crippen LogP contribution is 2.10. The molecule has 0 heterocycles. The zero-order chi connectivity index (χ0) is 10.6. The van der Waals surface area contributed by atoms with Gasteiger partial charge in [-0.3, -0.25) is 5.32 Å². The van der Waals surface area contributed by atoms with Crippen LogP contribution in [0.25, 0.3) is 0 Å². The Bertz CT molecular complexity index is 286. The number of aliphatic hydroxyl groups excluding tert-OH is 1. The van der Waals surface area contributed by atoms with Gasteiger partial charge in [-0.1, -0.05) is 12.1 Å². The number of rotatable bonds is 4. The second kappa shape index (κ2) is 4.98. The summed E-state index contributed by atoms with van der Waals surface area (Å²) in [7, 11) is 1.82. The largest absolute Gasteiger partial charge is 0.390 e. The molecule has 1 rings (SSSR count). The highest BCUT2D eigenvalue weighted by molar-refractivity contribution is 5.46. The molecule has 3 heteroatoms. The minimum absolute atomic E-state index is 0.114. The lowest BCUT2D eigenvalue weighted by Crippen LogP contribution is -2.42. The molecule has 0 radical (unpaired) electrons. The van der Waals surface area contributed by atoms with Crippen LogP contribution in [0, 0.1) is 6.92 Å². The van der Waals surface area contributed by atoms with E-state index < -0.39 is 6.10 Å². The normalized spacial score (nSPS) is 14.9. The Morgan fingerprint density at radius 3 is 2.57 bits per heavy atom. The Morgan fingerprint density at radius 2 is 2.07 bits per heavy atom. The summed E-state index contributed by atoms with van der Waals surface area (Å²) in [4.78, 5) is 0. The van der Waals surface area contributed by atoms with Crippen LogP contribution in [0.3, 0.4) is 0 Å². The van der Waals surface area contributed by atoms with Crippen molar-refractivity contribution in [2.75, 3.05) is 12.4 Å². The number of benzene rings is 1. The standard InChI is InChI=1S/C11H18N2O/c1-8-5-4-6-10(7-8)13-11(12-3)9(2)14/h4-7,9,11-14H,1-3H3. The molecule has 0 bridgehead atoms. The van der Waals surface area contributed by atoms with Gasteiger partial charge in [-0.05, 0) is 38.6 Å². The van der Waals surface area contributed by atoms with Gasteiger partial charge in [0, 0.05) is 5.69 Å². The lowest BCUT2D eigenvalue weighted by Gasteiger charge is -2.22. The highest BCUT2D eigenvalue weighted by Gasteiger charge is 2.11. The van der Waals surface area contributed by atoms with Crippen molar-refractivity contribution in [2.45, 2.75) is 26.1 Å². The average Bonchev–Trinajstić information content (AvgIpc) is 2.14. The molecular formula is C11H18N2O. The van der Waals surface area contributed by atoms with Crippen molar-refractivity contribution in [1.29, 1.82) is 0 Å². The molecule has 0 saturated carbocycles. The van der Waals surface area contributed by atoms with E-state index in [0.717, 1.165) is 5.69 Å². The first kappa shape index (κ1) is 11.0. The molecule has 1 aromatic rings. The minimum atomic E-state index is -0.430. The van der Waals surface area contributed by atoms with E-state index in [0.29, 0.717) is 0 Å². The Morgan fingerprint density at radius 1 is 1.36 bits per heavy atom. The number of hydrogen-bond acceptors (Lipinski definition) is 3. The number of likely N-dealkylation sites (N-methyl/N-ethyl adjacent to an activating group) is 1. The van der Waals surface area contributed by atoms with Crippen molar-refractivity contribution in [3.63, 3.8) is 0 Å². The first-order valence-corrected chi connectivity index (χ1v) is 4.82. The van der Waals surface area contributed by atoms with Crippen LogP contribution in [0.5, 0.6) is 0 Å². The Balaban J connectivity index is 2.67. The molecule has 0 aliphatic rings. The molecule has 14 heavy (non-hydrogen) atoms. The van der Waals surface area contributed by atoms with E-state index >= 15 is 0 Å². The Kier molecular flexibility index (Phi) is 3.92. The molecule has 78 valence electrons. The van der Waals surface area contributed by atoms with E-state index in [-0.39, 0.29) is 6.17 Å². The molecule has 0 saturated heterocycles. The predicted octanol–water partition coefficient (Wildman–Crippen LogP) is 1.33. The lowest BCUT2D eigenvalue weighted by molar-refractivity contribution is 0.160. The third-order valence-electron chi connectivity index (χ3n) is 2.13. The summed E-state index contributed by atoms with van der Waals surface area (Å²) in [5.74, 6) is 0. The smallest absolute Gasteiger partial charge is 0.103 e. The van der Waals surface area contributed by atoms with Crippen LogP contribution >= 0.6 is 0 Å². The minimum Gasteiger partial charge on any atom is -0.390 e. The topological polar surface area (TPSA) is 44.3 Å². The third kappa shape index (κ3) is 3.01. The Labute approximate surface area is 85.2 Å². The summed E-state index contributed by atoms with van der Waals surface area (Å²) < 4.78 is 0. The average molecular weight is 194 g/mol. The first-order valence-electron chi connectivity index (χ1n) is 4.82. The summed E-state index contributed by atoms with van der Waals surface area (Å²) in [5, 5.41) is 15.6. The van der Waals surface area contributed by atoms with Crippen LogP contribution in [0.15, 0.2) is 24.3 Å². The monoisotopic (exact) mass is 194 g/mol. The van der Waals surface area contributed by atoms with E-state index in [1.807, 2.05) is 38.2 Å². The van der Waals surface area contributed by atoms with Gasteiger partial charge < -0.3 is 10.4 Å². The molecule has 0 amide bonds. The van der Waals surface area contributed by atoms with Crippen LogP contribution in [-0.4, -0.2) is 24.4 Å². The van der Waals surface area contributed by atoms with Crippen molar-refractivity contribution in [1.82, 2.24) is 5.32 Å².